The molecule has 5 rings (SSSR count). The minimum Gasteiger partial charge on any atom is -0.407 e. The van der Waals surface area contributed by atoms with Gasteiger partial charge in [-0.25, -0.2) is 0 Å². The lowest BCUT2D eigenvalue weighted by Crippen LogP contribution is -2.64. The van der Waals surface area contributed by atoms with E-state index < -0.39 is 44.8 Å². The fourth-order valence-corrected chi connectivity index (χ4v) is 6.93. The molecule has 7 nitrogen and oxygen atoms in total. The van der Waals surface area contributed by atoms with Gasteiger partial charge >= 0.3 is 0 Å². The molecule has 0 bridgehead atoms. The monoisotopic (exact) mass is 620 g/mol. The average molecular weight is 621 g/mol. The van der Waals surface area contributed by atoms with E-state index >= 15 is 0 Å². The molecule has 0 amide bonds. The third-order valence-corrected chi connectivity index (χ3v) is 8.99. The Morgan fingerprint density at radius 3 is 1.70 bits per heavy atom. The van der Waals surface area contributed by atoms with Crippen LogP contribution in [0.3, 0.4) is 0 Å². The lowest BCUT2D eigenvalue weighted by atomic mass is 9.93. The van der Waals surface area contributed by atoms with Gasteiger partial charge in [-0.1, -0.05) is 97.4 Å². The maximum Gasteiger partial charge on any atom is 0.188 e. The van der Waals surface area contributed by atoms with Crippen molar-refractivity contribution < 1.29 is 33.2 Å². The van der Waals surface area contributed by atoms with Gasteiger partial charge in [0.05, 0.1) is 26.4 Å². The molecule has 1 saturated heterocycles. The van der Waals surface area contributed by atoms with Crippen LogP contribution in [0.4, 0.5) is 0 Å². The third kappa shape index (κ3) is 9.80. The second-order valence-electron chi connectivity index (χ2n) is 12.9. The first-order valence-corrected chi connectivity index (χ1v) is 19.4. The van der Waals surface area contributed by atoms with Crippen molar-refractivity contribution in [2.24, 2.45) is 0 Å². The molecule has 2 fully saturated rings. The highest BCUT2D eigenvalue weighted by Gasteiger charge is 2.52. The van der Waals surface area contributed by atoms with Gasteiger partial charge in [0.15, 0.2) is 20.4 Å². The first kappa shape index (κ1) is 33.0. The summed E-state index contributed by atoms with van der Waals surface area (Å²) in [4.78, 5) is 0. The first-order valence-electron chi connectivity index (χ1n) is 15.9. The highest BCUT2D eigenvalue weighted by Crippen LogP contribution is 2.37. The Hall–Kier alpha value is -2.40. The lowest BCUT2D eigenvalue weighted by Gasteiger charge is -2.49. The lowest BCUT2D eigenvalue weighted by molar-refractivity contribution is -0.372. The van der Waals surface area contributed by atoms with Crippen LogP contribution in [0.5, 0.6) is 0 Å². The van der Waals surface area contributed by atoms with Crippen molar-refractivity contribution in [3.63, 3.8) is 0 Å². The van der Waals surface area contributed by atoms with Gasteiger partial charge in [-0.05, 0) is 49.2 Å². The summed E-state index contributed by atoms with van der Waals surface area (Å²) >= 11 is 0. The quantitative estimate of drug-likeness (QED) is 0.154. The van der Waals surface area contributed by atoms with Crippen LogP contribution in [0.15, 0.2) is 91.0 Å². The summed E-state index contributed by atoms with van der Waals surface area (Å²) in [5.41, 5.74) is 3.18. The number of aliphatic hydroxyl groups is 1. The van der Waals surface area contributed by atoms with Gasteiger partial charge in [-0.3, -0.25) is 0 Å². The SMILES string of the molecule is C[Si](C)(C)O[C@H]1[C@H](OC2(O)CCCCC2)O[C@H](COCc2ccccc2)[C@H](OCc2ccccc2)[C@@H]1OCc1ccccc1. The van der Waals surface area contributed by atoms with Crippen LogP contribution in [0.2, 0.25) is 19.6 Å². The summed E-state index contributed by atoms with van der Waals surface area (Å²) < 4.78 is 39.7. The molecule has 1 heterocycles. The van der Waals surface area contributed by atoms with Gasteiger partial charge in [-0.2, -0.15) is 0 Å². The van der Waals surface area contributed by atoms with E-state index in [2.05, 4.69) is 19.6 Å². The molecule has 0 unspecified atom stereocenters. The van der Waals surface area contributed by atoms with Gasteiger partial charge < -0.3 is 33.2 Å². The van der Waals surface area contributed by atoms with Gasteiger partial charge in [0.25, 0.3) is 0 Å². The normalized spacial score (nSPS) is 25.5. The van der Waals surface area contributed by atoms with Crippen LogP contribution in [-0.2, 0) is 47.9 Å². The summed E-state index contributed by atoms with van der Waals surface area (Å²) in [7, 11) is -2.14. The summed E-state index contributed by atoms with van der Waals surface area (Å²) in [5, 5.41) is 11.5. The average Bonchev–Trinajstić information content (AvgIpc) is 3.02. The zero-order valence-corrected chi connectivity index (χ0v) is 27.3. The van der Waals surface area contributed by atoms with Gasteiger partial charge in [-0.15, -0.1) is 0 Å². The van der Waals surface area contributed by atoms with E-state index in [1.165, 1.54) is 0 Å². The van der Waals surface area contributed by atoms with Crippen molar-refractivity contribution >= 4 is 8.32 Å². The van der Waals surface area contributed by atoms with E-state index in [4.69, 9.17) is 28.1 Å². The van der Waals surface area contributed by atoms with Gasteiger partial charge in [0, 0.05) is 12.8 Å². The molecule has 8 heteroatoms. The molecule has 2 aliphatic rings. The van der Waals surface area contributed by atoms with Crippen molar-refractivity contribution in [3.05, 3.63) is 108 Å². The molecular weight excluding hydrogens is 572 g/mol. The van der Waals surface area contributed by atoms with E-state index in [1.54, 1.807) is 0 Å². The molecular formula is C36H48O7Si. The van der Waals surface area contributed by atoms with Crippen LogP contribution in [0.25, 0.3) is 0 Å². The molecule has 3 aromatic rings. The fourth-order valence-electron chi connectivity index (χ4n) is 5.87. The summed E-state index contributed by atoms with van der Waals surface area (Å²) in [6.07, 6.45) is 0.971. The number of ether oxygens (including phenoxy) is 5. The third-order valence-electron chi connectivity index (χ3n) is 8.02. The van der Waals surface area contributed by atoms with E-state index in [-0.39, 0.29) is 6.61 Å². The highest BCUT2D eigenvalue weighted by atomic mass is 28.4. The Morgan fingerprint density at radius 2 is 1.18 bits per heavy atom. The number of hydrogen-bond acceptors (Lipinski definition) is 7. The van der Waals surface area contributed by atoms with Crippen molar-refractivity contribution in [1.82, 2.24) is 0 Å². The number of benzene rings is 3. The summed E-state index contributed by atoms with van der Waals surface area (Å²) in [6, 6.07) is 30.3. The Kier molecular flexibility index (Phi) is 11.8. The molecule has 3 aromatic carbocycles. The van der Waals surface area contributed by atoms with Crippen molar-refractivity contribution in [2.45, 2.75) is 108 Å². The van der Waals surface area contributed by atoms with Crippen molar-refractivity contribution in [1.29, 1.82) is 0 Å². The van der Waals surface area contributed by atoms with Crippen LogP contribution in [-0.4, -0.2) is 56.5 Å². The molecule has 1 saturated carbocycles. The Bertz CT molecular complexity index is 1230. The molecule has 1 N–H and O–H groups in total. The summed E-state index contributed by atoms with van der Waals surface area (Å²) in [5.74, 6) is -1.28. The Morgan fingerprint density at radius 1 is 0.682 bits per heavy atom. The topological polar surface area (TPSA) is 75.6 Å². The van der Waals surface area contributed by atoms with Gasteiger partial charge in [0.1, 0.15) is 24.4 Å². The van der Waals surface area contributed by atoms with Crippen LogP contribution in [0, 0.1) is 0 Å². The van der Waals surface area contributed by atoms with E-state index in [0.717, 1.165) is 36.0 Å². The molecule has 1 aliphatic heterocycles. The van der Waals surface area contributed by atoms with Crippen molar-refractivity contribution in [3.8, 4) is 0 Å². The molecule has 44 heavy (non-hydrogen) atoms. The maximum atomic E-state index is 11.5. The molecule has 1 aliphatic carbocycles. The number of hydrogen-bond donors (Lipinski definition) is 1. The first-order chi connectivity index (χ1) is 21.3. The maximum absolute atomic E-state index is 11.5. The molecule has 0 radical (unpaired) electrons. The van der Waals surface area contributed by atoms with Gasteiger partial charge in [0.2, 0.25) is 0 Å². The minimum absolute atomic E-state index is 0.261. The zero-order chi connectivity index (χ0) is 30.8. The fraction of sp³-hybridized carbons (Fsp3) is 0.500. The standard InChI is InChI=1S/C36H48O7Si/c1-44(2,3)43-34-33(40-26-30-20-12-6-13-21-30)32(39-25-29-18-10-5-11-19-29)31(27-38-24-28-16-8-4-9-17-28)41-35(34)42-36(37)22-14-7-15-23-36/h4-6,8-13,16-21,31-35,37H,7,14-15,22-27H2,1-3H3/t31-,32+,33+,34-,35+/m1/s1. The van der Waals surface area contributed by atoms with Crippen molar-refractivity contribution in [2.75, 3.05) is 6.61 Å². The Balaban J connectivity index is 1.45. The molecule has 238 valence electrons. The number of rotatable bonds is 14. The molecule has 0 aromatic heterocycles. The van der Waals surface area contributed by atoms with E-state index in [1.807, 2.05) is 91.0 Å². The molecule has 5 atom stereocenters. The predicted octanol–water partition coefficient (Wildman–Crippen LogP) is 6.99. The van der Waals surface area contributed by atoms with Crippen LogP contribution in [0.1, 0.15) is 48.8 Å². The minimum atomic E-state index is -2.14. The largest absolute Gasteiger partial charge is 0.407 e. The van der Waals surface area contributed by atoms with Crippen LogP contribution >= 0.6 is 0 Å². The molecule has 0 spiro atoms. The highest BCUT2D eigenvalue weighted by molar-refractivity contribution is 6.69. The summed E-state index contributed by atoms with van der Waals surface area (Å²) in [6.45, 7) is 7.87. The Labute approximate surface area is 263 Å². The van der Waals surface area contributed by atoms with Crippen LogP contribution < -0.4 is 0 Å². The zero-order valence-electron chi connectivity index (χ0n) is 26.3. The predicted molar refractivity (Wildman–Crippen MR) is 172 cm³/mol. The smallest absolute Gasteiger partial charge is 0.188 e. The second-order valence-corrected chi connectivity index (χ2v) is 17.3. The van der Waals surface area contributed by atoms with E-state index in [0.29, 0.717) is 32.7 Å². The second kappa shape index (κ2) is 15.7. The van der Waals surface area contributed by atoms with E-state index in [9.17, 15) is 5.11 Å².